The standard InChI is InChI=1S/C46H53FN14O3/c1-29-24-32(6-12-36(29)30(2)50-44(63)43-53-55-61(54-43)46(3,4)5)41-42-37(47)26-49-60(42)28-38(51-41)33-7-13-39(48-25-33)58-22-20-56(21-23-58)27-31-14-17-57(18-15-31)34-8-10-35(11-9-34)59-19-16-40(62)52-45(59)64/h6-13,24-26,28,30-31H,14-23,27H2,1-5H3,(H,50,63)(H,52,62,64)/t30-/m1/s1. The molecule has 0 saturated carbocycles. The van der Waals surface area contributed by atoms with Crippen molar-refractivity contribution in [2.24, 2.45) is 5.92 Å². The molecule has 0 radical (unpaired) electrons. The van der Waals surface area contributed by atoms with Gasteiger partial charge < -0.3 is 15.1 Å². The number of halogens is 1. The van der Waals surface area contributed by atoms with Crippen molar-refractivity contribution < 1.29 is 18.8 Å². The largest absolute Gasteiger partial charge is 0.372 e. The van der Waals surface area contributed by atoms with Crippen molar-refractivity contribution in [3.05, 3.63) is 96.0 Å². The van der Waals surface area contributed by atoms with Gasteiger partial charge in [0.1, 0.15) is 11.3 Å². The molecule has 4 aromatic heterocycles. The number of piperazine rings is 1. The van der Waals surface area contributed by atoms with E-state index in [-0.39, 0.29) is 29.3 Å². The lowest BCUT2D eigenvalue weighted by Crippen LogP contribution is -2.49. The van der Waals surface area contributed by atoms with Crippen LogP contribution in [0.25, 0.3) is 28.0 Å². The number of fused-ring (bicyclic) bond motifs is 1. The van der Waals surface area contributed by atoms with Gasteiger partial charge in [0.25, 0.3) is 11.7 Å². The number of carbonyl (C=O) groups excluding carboxylic acids is 3. The number of nitrogens with one attached hydrogen (secondary N) is 2. The molecule has 6 aromatic rings. The predicted molar refractivity (Wildman–Crippen MR) is 241 cm³/mol. The zero-order valence-corrected chi connectivity index (χ0v) is 36.8. The van der Waals surface area contributed by atoms with Crippen LogP contribution in [0.1, 0.15) is 74.7 Å². The van der Waals surface area contributed by atoms with Crippen LogP contribution in [-0.2, 0) is 10.3 Å². The first-order chi connectivity index (χ1) is 30.8. The fourth-order valence-electron chi connectivity index (χ4n) is 8.83. The number of aromatic nitrogens is 8. The molecular formula is C46H53FN14O3. The topological polar surface area (TPSA) is 175 Å². The molecule has 17 nitrogen and oxygen atoms in total. The van der Waals surface area contributed by atoms with Crippen LogP contribution in [0.3, 0.4) is 0 Å². The van der Waals surface area contributed by atoms with Crippen LogP contribution in [0, 0.1) is 18.7 Å². The van der Waals surface area contributed by atoms with Gasteiger partial charge in [-0.25, -0.2) is 23.7 Å². The van der Waals surface area contributed by atoms with Gasteiger partial charge in [-0.1, -0.05) is 12.1 Å². The number of tetrazole rings is 1. The molecule has 3 fully saturated rings. The van der Waals surface area contributed by atoms with Crippen molar-refractivity contribution >= 4 is 40.6 Å². The van der Waals surface area contributed by atoms with Crippen molar-refractivity contribution in [1.82, 2.24) is 55.3 Å². The molecule has 2 N–H and O–H groups in total. The molecule has 7 heterocycles. The maximum Gasteiger partial charge on any atom is 0.328 e. The number of imide groups is 1. The molecule has 3 aliphatic rings. The summed E-state index contributed by atoms with van der Waals surface area (Å²) in [4.78, 5) is 57.0. The van der Waals surface area contributed by atoms with Crippen LogP contribution in [0.15, 0.2) is 73.2 Å². The quantitative estimate of drug-likeness (QED) is 0.174. The van der Waals surface area contributed by atoms with E-state index in [1.807, 2.05) is 83.3 Å². The van der Waals surface area contributed by atoms with E-state index in [0.717, 1.165) is 92.5 Å². The van der Waals surface area contributed by atoms with Crippen LogP contribution < -0.4 is 25.3 Å². The van der Waals surface area contributed by atoms with Gasteiger partial charge >= 0.3 is 6.03 Å². The Morgan fingerprint density at radius 3 is 2.31 bits per heavy atom. The Labute approximate surface area is 370 Å². The Kier molecular flexibility index (Phi) is 11.5. The average molecular weight is 869 g/mol. The van der Waals surface area contributed by atoms with Gasteiger partial charge in [0.15, 0.2) is 5.82 Å². The highest BCUT2D eigenvalue weighted by Gasteiger charge is 2.28. The number of piperidine rings is 1. The third kappa shape index (κ3) is 8.86. The Morgan fingerprint density at radius 1 is 0.906 bits per heavy atom. The fraction of sp³-hybridized carbons (Fsp3) is 0.413. The lowest BCUT2D eigenvalue weighted by molar-refractivity contribution is -0.120. The summed E-state index contributed by atoms with van der Waals surface area (Å²) in [6.07, 6.45) is 7.31. The number of anilines is 3. The third-order valence-electron chi connectivity index (χ3n) is 12.5. The minimum atomic E-state index is -0.473. The van der Waals surface area contributed by atoms with Crippen molar-refractivity contribution in [3.63, 3.8) is 0 Å². The molecule has 3 saturated heterocycles. The molecule has 0 bridgehead atoms. The molecule has 3 aliphatic heterocycles. The molecular weight excluding hydrogens is 816 g/mol. The third-order valence-corrected chi connectivity index (χ3v) is 12.5. The first-order valence-electron chi connectivity index (χ1n) is 21.9. The van der Waals surface area contributed by atoms with Crippen molar-refractivity contribution in [2.75, 3.05) is 67.1 Å². The minimum Gasteiger partial charge on any atom is -0.372 e. The van der Waals surface area contributed by atoms with Crippen molar-refractivity contribution in [1.29, 1.82) is 0 Å². The second-order valence-electron chi connectivity index (χ2n) is 18.0. The van der Waals surface area contributed by atoms with E-state index in [2.05, 4.69) is 58.0 Å². The monoisotopic (exact) mass is 868 g/mol. The van der Waals surface area contributed by atoms with Gasteiger partial charge in [0.2, 0.25) is 5.91 Å². The molecule has 64 heavy (non-hydrogen) atoms. The Bertz CT molecular complexity index is 2680. The second-order valence-corrected chi connectivity index (χ2v) is 18.0. The minimum absolute atomic E-state index is 0.00429. The van der Waals surface area contributed by atoms with Crippen molar-refractivity contribution in [3.8, 4) is 22.5 Å². The van der Waals surface area contributed by atoms with Gasteiger partial charge in [0, 0.05) is 87.5 Å². The number of urea groups is 1. The van der Waals surface area contributed by atoms with E-state index >= 15 is 4.39 Å². The average Bonchev–Trinajstić information content (AvgIpc) is 3.95. The molecule has 18 heteroatoms. The van der Waals surface area contributed by atoms with Gasteiger partial charge in [-0.2, -0.15) is 9.90 Å². The molecule has 0 unspecified atom stereocenters. The van der Waals surface area contributed by atoms with E-state index < -0.39 is 17.3 Å². The molecule has 1 atom stereocenters. The highest BCUT2D eigenvalue weighted by molar-refractivity contribution is 6.05. The summed E-state index contributed by atoms with van der Waals surface area (Å²) in [6, 6.07) is 17.1. The van der Waals surface area contributed by atoms with Crippen LogP contribution in [0.4, 0.5) is 26.4 Å². The summed E-state index contributed by atoms with van der Waals surface area (Å²) < 4.78 is 16.8. The zero-order valence-electron chi connectivity index (χ0n) is 36.8. The Hall–Kier alpha value is -6.82. The smallest absolute Gasteiger partial charge is 0.328 e. The van der Waals surface area contributed by atoms with E-state index in [1.54, 1.807) is 11.1 Å². The molecule has 2 aromatic carbocycles. The number of hydrogen-bond acceptors (Lipinski definition) is 12. The van der Waals surface area contributed by atoms with E-state index in [4.69, 9.17) is 9.97 Å². The lowest BCUT2D eigenvalue weighted by atomic mass is 9.95. The first-order valence-corrected chi connectivity index (χ1v) is 21.9. The number of benzene rings is 2. The van der Waals surface area contributed by atoms with Gasteiger partial charge in [-0.05, 0) is 112 Å². The summed E-state index contributed by atoms with van der Waals surface area (Å²) in [5.74, 6) is 0.410. The molecule has 332 valence electrons. The van der Waals surface area contributed by atoms with Crippen LogP contribution in [0.5, 0.6) is 0 Å². The summed E-state index contributed by atoms with van der Waals surface area (Å²) in [7, 11) is 0. The Morgan fingerprint density at radius 2 is 1.64 bits per heavy atom. The maximum atomic E-state index is 15.3. The van der Waals surface area contributed by atoms with Gasteiger partial charge in [-0.3, -0.25) is 24.7 Å². The van der Waals surface area contributed by atoms with Crippen LogP contribution in [-0.4, -0.2) is 115 Å². The summed E-state index contributed by atoms with van der Waals surface area (Å²) in [5.41, 5.74) is 6.17. The number of aryl methyl sites for hydroxylation is 1. The lowest BCUT2D eigenvalue weighted by Gasteiger charge is -2.39. The fourth-order valence-corrected chi connectivity index (χ4v) is 8.83. The highest BCUT2D eigenvalue weighted by atomic mass is 19.1. The summed E-state index contributed by atoms with van der Waals surface area (Å²) in [6.45, 7) is 16.8. The number of hydrogen-bond donors (Lipinski definition) is 2. The van der Waals surface area contributed by atoms with Crippen LogP contribution in [0.2, 0.25) is 0 Å². The zero-order chi connectivity index (χ0) is 44.7. The van der Waals surface area contributed by atoms with E-state index in [1.165, 1.54) is 15.5 Å². The highest BCUT2D eigenvalue weighted by Crippen LogP contribution is 2.32. The van der Waals surface area contributed by atoms with Crippen LogP contribution >= 0.6 is 0 Å². The molecule has 0 aliphatic carbocycles. The second kappa shape index (κ2) is 17.4. The first kappa shape index (κ1) is 42.5. The van der Waals surface area contributed by atoms with E-state index in [0.29, 0.717) is 35.8 Å². The normalized spacial score (nSPS) is 17.2. The predicted octanol–water partition coefficient (Wildman–Crippen LogP) is 5.62. The SMILES string of the molecule is Cc1cc(-c2nc(-c3ccc(N4CCN(CC5CCN(c6ccc(N7CCC(=O)NC7=O)cc6)CC5)CC4)nc3)cn3ncc(F)c23)ccc1[C@@H](C)NC(=O)c1nnn(C(C)(C)C)n1. The van der Waals surface area contributed by atoms with E-state index in [9.17, 15) is 14.4 Å². The maximum absolute atomic E-state index is 15.3. The van der Waals surface area contributed by atoms with Gasteiger partial charge in [-0.15, -0.1) is 10.2 Å². The molecule has 0 spiro atoms. The van der Waals surface area contributed by atoms with Crippen molar-refractivity contribution in [2.45, 2.75) is 65.5 Å². The van der Waals surface area contributed by atoms with Gasteiger partial charge in [0.05, 0.1) is 35.4 Å². The number of pyridine rings is 1. The summed E-state index contributed by atoms with van der Waals surface area (Å²) >= 11 is 0. The number of nitrogens with zero attached hydrogens (tertiary/aromatic N) is 12. The number of carbonyl (C=O) groups is 3. The number of amides is 4. The summed E-state index contributed by atoms with van der Waals surface area (Å²) in [5, 5.41) is 21.9. The molecule has 9 rings (SSSR count). The number of rotatable bonds is 10. The Balaban J connectivity index is 0.797. The molecule has 4 amide bonds.